The molecule has 7 nitrogen and oxygen atoms in total. The highest BCUT2D eigenvalue weighted by molar-refractivity contribution is 6.39. The smallest absolute Gasteiger partial charge is 0.306 e. The predicted molar refractivity (Wildman–Crippen MR) is 73.1 cm³/mol. The normalized spacial score (nSPS) is 17.7. The van der Waals surface area contributed by atoms with E-state index in [2.05, 4.69) is 15.8 Å². The first-order valence-corrected chi connectivity index (χ1v) is 6.79. The summed E-state index contributed by atoms with van der Waals surface area (Å²) in [5.41, 5.74) is 2.61. The Hall–Kier alpha value is -1.92. The number of amides is 2. The molecule has 0 fully saturated rings. The second-order valence-corrected chi connectivity index (χ2v) is 5.14. The van der Waals surface area contributed by atoms with E-state index in [1.807, 2.05) is 6.92 Å². The molecule has 0 aromatic carbocycles. The number of carbonyl (C=O) groups is 3. The number of carbonyl (C=O) groups excluding carboxylic acids is 2. The van der Waals surface area contributed by atoms with Gasteiger partial charge in [0.2, 0.25) is 5.91 Å². The van der Waals surface area contributed by atoms with Crippen LogP contribution in [0.3, 0.4) is 0 Å². The average Bonchev–Trinajstić information content (AvgIpc) is 2.39. The van der Waals surface area contributed by atoms with Gasteiger partial charge in [-0.15, -0.1) is 0 Å². The van der Waals surface area contributed by atoms with E-state index in [0.29, 0.717) is 25.0 Å². The zero-order chi connectivity index (χ0) is 15.1. The summed E-state index contributed by atoms with van der Waals surface area (Å²) >= 11 is 0. The van der Waals surface area contributed by atoms with Crippen LogP contribution in [0.1, 0.15) is 46.0 Å². The zero-order valence-electron chi connectivity index (χ0n) is 11.8. The molecular formula is C13H21N3O4. The Morgan fingerprint density at radius 2 is 2.05 bits per heavy atom. The molecule has 0 radical (unpaired) electrons. The highest BCUT2D eigenvalue weighted by Crippen LogP contribution is 2.10. The van der Waals surface area contributed by atoms with Crippen LogP contribution >= 0.6 is 0 Å². The molecule has 2 unspecified atom stereocenters. The van der Waals surface area contributed by atoms with Crippen molar-refractivity contribution in [2.24, 2.45) is 11.0 Å². The Kier molecular flexibility index (Phi) is 6.14. The lowest BCUT2D eigenvalue weighted by Crippen LogP contribution is -2.40. The SMILES string of the molecule is CC(CCCC(C)C(=O)O)NC(=O)C1=NNC(=O)CC1. The van der Waals surface area contributed by atoms with Gasteiger partial charge in [0, 0.05) is 18.9 Å². The summed E-state index contributed by atoms with van der Waals surface area (Å²) in [6.07, 6.45) is 2.66. The standard InChI is InChI=1S/C13H21N3O4/c1-8(13(19)20)4-3-5-9(2)14-12(18)10-6-7-11(17)16-15-10/h8-9H,3-7H2,1-2H3,(H,14,18)(H,16,17)(H,19,20). The quantitative estimate of drug-likeness (QED) is 0.637. The topological polar surface area (TPSA) is 108 Å². The summed E-state index contributed by atoms with van der Waals surface area (Å²) in [6.45, 7) is 3.54. The van der Waals surface area contributed by atoms with Crippen LogP contribution in [0.15, 0.2) is 5.10 Å². The van der Waals surface area contributed by atoms with E-state index in [9.17, 15) is 14.4 Å². The van der Waals surface area contributed by atoms with E-state index in [0.717, 1.165) is 6.42 Å². The third-order valence-corrected chi connectivity index (χ3v) is 3.24. The van der Waals surface area contributed by atoms with Crippen LogP contribution in [-0.4, -0.2) is 34.6 Å². The lowest BCUT2D eigenvalue weighted by Gasteiger charge is -2.17. The molecule has 2 amide bonds. The van der Waals surface area contributed by atoms with Gasteiger partial charge in [0.05, 0.1) is 5.92 Å². The number of aliphatic carboxylic acids is 1. The van der Waals surface area contributed by atoms with Crippen LogP contribution in [0.2, 0.25) is 0 Å². The van der Waals surface area contributed by atoms with Gasteiger partial charge in [0.1, 0.15) is 5.71 Å². The third kappa shape index (κ3) is 5.38. The van der Waals surface area contributed by atoms with E-state index in [-0.39, 0.29) is 30.2 Å². The van der Waals surface area contributed by atoms with Gasteiger partial charge < -0.3 is 10.4 Å². The highest BCUT2D eigenvalue weighted by atomic mass is 16.4. The molecule has 1 heterocycles. The summed E-state index contributed by atoms with van der Waals surface area (Å²) in [6, 6.07) is -0.0520. The first-order chi connectivity index (χ1) is 9.40. The Bertz CT molecular complexity index is 420. The Morgan fingerprint density at radius 1 is 1.35 bits per heavy atom. The summed E-state index contributed by atoms with van der Waals surface area (Å²) in [5, 5.41) is 15.3. The number of hydrazone groups is 1. The Labute approximate surface area is 117 Å². The summed E-state index contributed by atoms with van der Waals surface area (Å²) in [4.78, 5) is 33.4. The van der Waals surface area contributed by atoms with Crippen molar-refractivity contribution >= 4 is 23.5 Å². The van der Waals surface area contributed by atoms with Crippen LogP contribution in [0, 0.1) is 5.92 Å². The fourth-order valence-electron chi connectivity index (χ4n) is 1.87. The van der Waals surface area contributed by atoms with Crippen molar-refractivity contribution in [3.05, 3.63) is 0 Å². The Morgan fingerprint density at radius 3 is 2.60 bits per heavy atom. The molecule has 0 aromatic rings. The minimum absolute atomic E-state index is 0.0520. The van der Waals surface area contributed by atoms with Crippen molar-refractivity contribution < 1.29 is 19.5 Å². The van der Waals surface area contributed by atoms with Crippen molar-refractivity contribution in [3.8, 4) is 0 Å². The molecular weight excluding hydrogens is 262 g/mol. The molecule has 1 aliphatic rings. The van der Waals surface area contributed by atoms with Crippen LogP contribution < -0.4 is 10.7 Å². The minimum Gasteiger partial charge on any atom is -0.481 e. The van der Waals surface area contributed by atoms with Crippen LogP contribution in [-0.2, 0) is 14.4 Å². The molecule has 3 N–H and O–H groups in total. The molecule has 7 heteroatoms. The van der Waals surface area contributed by atoms with Gasteiger partial charge in [-0.05, 0) is 19.8 Å². The molecule has 0 saturated carbocycles. The molecule has 0 saturated heterocycles. The number of hydrogen-bond acceptors (Lipinski definition) is 4. The number of nitrogens with one attached hydrogen (secondary N) is 2. The van der Waals surface area contributed by atoms with Gasteiger partial charge in [-0.1, -0.05) is 13.3 Å². The maximum atomic E-state index is 11.8. The molecule has 20 heavy (non-hydrogen) atoms. The minimum atomic E-state index is -0.797. The predicted octanol–water partition coefficient (Wildman–Crippen LogP) is 0.648. The molecule has 2 atom stereocenters. The van der Waals surface area contributed by atoms with Crippen molar-refractivity contribution in [2.45, 2.75) is 52.0 Å². The molecule has 112 valence electrons. The fourth-order valence-corrected chi connectivity index (χ4v) is 1.87. The van der Waals surface area contributed by atoms with E-state index in [4.69, 9.17) is 5.11 Å². The van der Waals surface area contributed by atoms with Crippen molar-refractivity contribution in [1.82, 2.24) is 10.7 Å². The molecule has 0 spiro atoms. The number of hydrogen-bond donors (Lipinski definition) is 3. The number of nitrogens with zero attached hydrogens (tertiary/aromatic N) is 1. The molecule has 0 aliphatic carbocycles. The van der Waals surface area contributed by atoms with Crippen molar-refractivity contribution in [3.63, 3.8) is 0 Å². The lowest BCUT2D eigenvalue weighted by atomic mass is 10.0. The maximum Gasteiger partial charge on any atom is 0.306 e. The van der Waals surface area contributed by atoms with Crippen LogP contribution in [0.25, 0.3) is 0 Å². The van der Waals surface area contributed by atoms with E-state index in [1.54, 1.807) is 6.92 Å². The Balaban J connectivity index is 2.28. The summed E-state index contributed by atoms with van der Waals surface area (Å²) in [7, 11) is 0. The molecule has 1 aliphatic heterocycles. The molecule has 1 rings (SSSR count). The van der Waals surface area contributed by atoms with E-state index >= 15 is 0 Å². The monoisotopic (exact) mass is 283 g/mol. The summed E-state index contributed by atoms with van der Waals surface area (Å²) < 4.78 is 0. The first-order valence-electron chi connectivity index (χ1n) is 6.79. The number of carboxylic acids is 1. The van der Waals surface area contributed by atoms with Crippen LogP contribution in [0.5, 0.6) is 0 Å². The van der Waals surface area contributed by atoms with Crippen LogP contribution in [0.4, 0.5) is 0 Å². The van der Waals surface area contributed by atoms with Gasteiger partial charge in [-0.3, -0.25) is 14.4 Å². The third-order valence-electron chi connectivity index (χ3n) is 3.24. The average molecular weight is 283 g/mol. The largest absolute Gasteiger partial charge is 0.481 e. The zero-order valence-corrected chi connectivity index (χ0v) is 11.8. The highest BCUT2D eigenvalue weighted by Gasteiger charge is 2.19. The fraction of sp³-hybridized carbons (Fsp3) is 0.692. The van der Waals surface area contributed by atoms with Crippen molar-refractivity contribution in [1.29, 1.82) is 0 Å². The first kappa shape index (κ1) is 16.1. The second kappa shape index (κ2) is 7.62. The van der Waals surface area contributed by atoms with Crippen molar-refractivity contribution in [2.75, 3.05) is 0 Å². The lowest BCUT2D eigenvalue weighted by molar-refractivity contribution is -0.141. The van der Waals surface area contributed by atoms with Gasteiger partial charge in [0.15, 0.2) is 0 Å². The van der Waals surface area contributed by atoms with Gasteiger partial charge in [-0.25, -0.2) is 5.43 Å². The molecule has 0 bridgehead atoms. The van der Waals surface area contributed by atoms with E-state index < -0.39 is 5.97 Å². The number of carboxylic acid groups (broad SMARTS) is 1. The molecule has 0 aromatic heterocycles. The second-order valence-electron chi connectivity index (χ2n) is 5.14. The van der Waals surface area contributed by atoms with E-state index in [1.165, 1.54) is 0 Å². The van der Waals surface area contributed by atoms with Gasteiger partial charge >= 0.3 is 5.97 Å². The summed E-state index contributed by atoms with van der Waals surface area (Å²) in [5.74, 6) is -1.62. The van der Waals surface area contributed by atoms with Gasteiger partial charge in [-0.2, -0.15) is 5.10 Å². The van der Waals surface area contributed by atoms with Gasteiger partial charge in [0.25, 0.3) is 5.91 Å². The maximum absolute atomic E-state index is 11.8. The number of rotatable bonds is 7.